The zero-order valence-electron chi connectivity index (χ0n) is 8.90. The largest absolute Gasteiger partial charge is 0.110 e. The first-order valence-corrected chi connectivity index (χ1v) is 5.73. The summed E-state index contributed by atoms with van der Waals surface area (Å²) in [7, 11) is 2.77. The minimum absolute atomic E-state index is 1.02. The molecule has 0 nitrogen and oxygen atoms in total. The van der Waals surface area contributed by atoms with Gasteiger partial charge in [0.25, 0.3) is 0 Å². The average Bonchev–Trinajstić information content (AvgIpc) is 2.43. The molecule has 0 spiro atoms. The van der Waals surface area contributed by atoms with Crippen molar-refractivity contribution in [2.45, 2.75) is 13.3 Å². The molecule has 1 unspecified atom stereocenters. The molecule has 1 atom stereocenters. The SMILES string of the molecule is Cc1cccc(C2=CC=C(P)CC=C2)c1. The molecular weight excluding hydrogens is 199 g/mol. The van der Waals surface area contributed by atoms with Gasteiger partial charge in [0.05, 0.1) is 0 Å². The minimum Gasteiger partial charge on any atom is -0.110 e. The molecule has 0 aromatic heterocycles. The Kier molecular flexibility index (Phi) is 3.18. The van der Waals surface area contributed by atoms with Crippen LogP contribution >= 0.6 is 9.24 Å². The van der Waals surface area contributed by atoms with Gasteiger partial charge in [0, 0.05) is 0 Å². The van der Waals surface area contributed by atoms with Gasteiger partial charge in [0.2, 0.25) is 0 Å². The maximum absolute atomic E-state index is 2.77. The molecule has 2 rings (SSSR count). The Morgan fingerprint density at radius 1 is 1.20 bits per heavy atom. The van der Waals surface area contributed by atoms with Crippen LogP contribution in [0.4, 0.5) is 0 Å². The van der Waals surface area contributed by atoms with Crippen LogP contribution in [0.5, 0.6) is 0 Å². The Labute approximate surface area is 93.6 Å². The van der Waals surface area contributed by atoms with Crippen LogP contribution in [0.3, 0.4) is 0 Å². The lowest BCUT2D eigenvalue weighted by molar-refractivity contribution is 1.37. The molecule has 0 radical (unpaired) electrons. The van der Waals surface area contributed by atoms with Crippen LogP contribution < -0.4 is 0 Å². The second-order valence-electron chi connectivity index (χ2n) is 3.84. The van der Waals surface area contributed by atoms with E-state index in [1.165, 1.54) is 22.0 Å². The van der Waals surface area contributed by atoms with Gasteiger partial charge in [-0.1, -0.05) is 54.1 Å². The van der Waals surface area contributed by atoms with E-state index in [9.17, 15) is 0 Å². The maximum Gasteiger partial charge on any atom is -0.00949 e. The molecule has 1 aromatic carbocycles. The van der Waals surface area contributed by atoms with Gasteiger partial charge in [-0.15, -0.1) is 9.24 Å². The Morgan fingerprint density at radius 2 is 2.07 bits per heavy atom. The van der Waals surface area contributed by atoms with Crippen molar-refractivity contribution in [2.24, 2.45) is 0 Å². The number of aryl methyl sites for hydroxylation is 1. The van der Waals surface area contributed by atoms with Crippen LogP contribution in [0, 0.1) is 6.92 Å². The molecule has 0 saturated heterocycles. The second-order valence-corrected chi connectivity index (χ2v) is 4.58. The Morgan fingerprint density at radius 3 is 2.87 bits per heavy atom. The van der Waals surface area contributed by atoms with Gasteiger partial charge in [-0.25, -0.2) is 0 Å². The highest BCUT2D eigenvalue weighted by molar-refractivity contribution is 7.22. The van der Waals surface area contributed by atoms with Gasteiger partial charge in [-0.2, -0.15) is 0 Å². The van der Waals surface area contributed by atoms with Crippen LogP contribution in [0.25, 0.3) is 5.57 Å². The summed E-state index contributed by atoms with van der Waals surface area (Å²) >= 11 is 0. The first-order valence-electron chi connectivity index (χ1n) is 5.15. The predicted octanol–water partition coefficient (Wildman–Crippen LogP) is 4.10. The predicted molar refractivity (Wildman–Crippen MR) is 70.7 cm³/mol. The van der Waals surface area contributed by atoms with Crippen LogP contribution in [-0.2, 0) is 0 Å². The zero-order valence-corrected chi connectivity index (χ0v) is 10.1. The number of rotatable bonds is 1. The van der Waals surface area contributed by atoms with E-state index >= 15 is 0 Å². The fraction of sp³-hybridized carbons (Fsp3) is 0.143. The molecule has 1 aliphatic carbocycles. The molecule has 0 aliphatic heterocycles. The van der Waals surface area contributed by atoms with E-state index in [4.69, 9.17) is 0 Å². The van der Waals surface area contributed by atoms with E-state index in [0.717, 1.165) is 6.42 Å². The van der Waals surface area contributed by atoms with Gasteiger partial charge in [0.15, 0.2) is 0 Å². The molecule has 0 fully saturated rings. The van der Waals surface area contributed by atoms with E-state index in [-0.39, 0.29) is 0 Å². The lowest BCUT2D eigenvalue weighted by atomic mass is 10.0. The number of allylic oxidation sites excluding steroid dienone is 6. The summed E-state index contributed by atoms with van der Waals surface area (Å²) in [5.41, 5.74) is 3.89. The fourth-order valence-corrected chi connectivity index (χ4v) is 1.89. The highest BCUT2D eigenvalue weighted by Crippen LogP contribution is 2.23. The summed E-state index contributed by atoms with van der Waals surface area (Å²) < 4.78 is 0. The molecule has 1 aromatic rings. The van der Waals surface area contributed by atoms with E-state index < -0.39 is 0 Å². The summed E-state index contributed by atoms with van der Waals surface area (Å²) in [6.07, 6.45) is 9.78. The van der Waals surface area contributed by atoms with Crippen molar-refractivity contribution in [1.29, 1.82) is 0 Å². The molecule has 0 saturated carbocycles. The zero-order chi connectivity index (χ0) is 10.7. The monoisotopic (exact) mass is 214 g/mol. The van der Waals surface area contributed by atoms with E-state index in [0.29, 0.717) is 0 Å². The van der Waals surface area contributed by atoms with Crippen molar-refractivity contribution in [3.8, 4) is 0 Å². The second kappa shape index (κ2) is 4.59. The first-order chi connectivity index (χ1) is 7.25. The summed E-state index contributed by atoms with van der Waals surface area (Å²) in [5, 5.41) is 1.33. The summed E-state index contributed by atoms with van der Waals surface area (Å²) in [6, 6.07) is 8.61. The maximum atomic E-state index is 2.77. The van der Waals surface area contributed by atoms with Crippen molar-refractivity contribution in [3.05, 3.63) is 65.0 Å². The van der Waals surface area contributed by atoms with Crippen molar-refractivity contribution >= 4 is 14.8 Å². The van der Waals surface area contributed by atoms with Gasteiger partial charge in [0.1, 0.15) is 0 Å². The van der Waals surface area contributed by atoms with Gasteiger partial charge in [-0.3, -0.25) is 0 Å². The molecular formula is C14H15P. The van der Waals surface area contributed by atoms with Crippen LogP contribution in [0.1, 0.15) is 17.5 Å². The quantitative estimate of drug-likeness (QED) is 0.617. The minimum atomic E-state index is 1.02. The highest BCUT2D eigenvalue weighted by Gasteiger charge is 1.99. The van der Waals surface area contributed by atoms with E-state index in [1.54, 1.807) is 0 Å². The Bertz CT molecular complexity index is 450. The number of hydrogen-bond acceptors (Lipinski definition) is 0. The number of hydrogen-bond donors (Lipinski definition) is 0. The topological polar surface area (TPSA) is 0 Å². The van der Waals surface area contributed by atoms with Gasteiger partial charge < -0.3 is 0 Å². The van der Waals surface area contributed by atoms with Crippen LogP contribution in [-0.4, -0.2) is 0 Å². The number of benzene rings is 1. The van der Waals surface area contributed by atoms with Crippen molar-refractivity contribution in [2.75, 3.05) is 0 Å². The normalized spacial score (nSPS) is 15.6. The molecule has 1 aliphatic rings. The summed E-state index contributed by atoms with van der Waals surface area (Å²) in [5.74, 6) is 0. The third-order valence-corrected chi connectivity index (χ3v) is 2.91. The smallest absolute Gasteiger partial charge is 0.00949 e. The molecule has 0 heterocycles. The first kappa shape index (κ1) is 10.4. The lowest BCUT2D eigenvalue weighted by Gasteiger charge is -2.02. The Balaban J connectivity index is 2.39. The van der Waals surface area contributed by atoms with Crippen LogP contribution in [0.2, 0.25) is 0 Å². The lowest BCUT2D eigenvalue weighted by Crippen LogP contribution is -1.81. The molecule has 76 valence electrons. The van der Waals surface area contributed by atoms with Gasteiger partial charge in [-0.05, 0) is 29.8 Å². The van der Waals surface area contributed by atoms with Crippen molar-refractivity contribution < 1.29 is 0 Å². The van der Waals surface area contributed by atoms with Gasteiger partial charge >= 0.3 is 0 Å². The molecule has 0 amide bonds. The van der Waals surface area contributed by atoms with E-state index in [2.05, 4.69) is 64.7 Å². The Hall–Kier alpha value is -1.13. The standard InChI is InChI=1S/C14H15P/c1-11-4-2-6-13(10-11)12-5-3-7-14(15)9-8-12/h2-6,8-10H,7,15H2,1H3. The average molecular weight is 214 g/mol. The van der Waals surface area contributed by atoms with Crippen molar-refractivity contribution in [3.63, 3.8) is 0 Å². The van der Waals surface area contributed by atoms with Crippen LogP contribution in [0.15, 0.2) is 53.9 Å². The highest BCUT2D eigenvalue weighted by atomic mass is 31.0. The third kappa shape index (κ3) is 2.67. The molecule has 15 heavy (non-hydrogen) atoms. The van der Waals surface area contributed by atoms with E-state index in [1.807, 2.05) is 0 Å². The van der Waals surface area contributed by atoms with Crippen molar-refractivity contribution in [1.82, 2.24) is 0 Å². The molecule has 1 heteroatoms. The molecule has 0 N–H and O–H groups in total. The fourth-order valence-electron chi connectivity index (χ4n) is 1.66. The summed E-state index contributed by atoms with van der Waals surface area (Å²) in [4.78, 5) is 0. The third-order valence-electron chi connectivity index (χ3n) is 2.48. The molecule has 0 bridgehead atoms. The summed E-state index contributed by atoms with van der Waals surface area (Å²) in [6.45, 7) is 2.13.